The van der Waals surface area contributed by atoms with Gasteiger partial charge in [-0.15, -0.1) is 0 Å². The fourth-order valence-corrected chi connectivity index (χ4v) is 1.67. The van der Waals surface area contributed by atoms with Gasteiger partial charge >= 0.3 is 0 Å². The third kappa shape index (κ3) is 1.65. The summed E-state index contributed by atoms with van der Waals surface area (Å²) in [5.41, 5.74) is 0.898. The first-order valence-corrected chi connectivity index (χ1v) is 5.29. The monoisotopic (exact) mass is 200 g/mol. The van der Waals surface area contributed by atoms with Crippen molar-refractivity contribution in [2.45, 2.75) is 25.4 Å². The summed E-state index contributed by atoms with van der Waals surface area (Å²) >= 11 is 0. The predicted molar refractivity (Wildman–Crippen MR) is 57.8 cm³/mol. The highest BCUT2D eigenvalue weighted by Crippen LogP contribution is 2.24. The Balaban J connectivity index is 1.91. The molecule has 0 spiro atoms. The van der Waals surface area contributed by atoms with E-state index in [0.29, 0.717) is 6.10 Å². The minimum Gasteiger partial charge on any atom is -0.474 e. The SMILES string of the molecule is c1cc2ccc(OC3CCC3)nc2cn1. The van der Waals surface area contributed by atoms with Gasteiger partial charge in [-0.1, -0.05) is 0 Å². The molecule has 2 aromatic rings. The second-order valence-electron chi connectivity index (χ2n) is 3.89. The largest absolute Gasteiger partial charge is 0.474 e. The zero-order chi connectivity index (χ0) is 10.1. The van der Waals surface area contributed by atoms with E-state index in [9.17, 15) is 0 Å². The van der Waals surface area contributed by atoms with Gasteiger partial charge in [-0.05, 0) is 31.4 Å². The minimum atomic E-state index is 0.381. The average molecular weight is 200 g/mol. The number of ether oxygens (including phenoxy) is 1. The molecule has 0 aromatic carbocycles. The van der Waals surface area contributed by atoms with E-state index in [-0.39, 0.29) is 0 Å². The van der Waals surface area contributed by atoms with Gasteiger partial charge in [-0.25, -0.2) is 4.98 Å². The molecule has 0 bridgehead atoms. The highest BCUT2D eigenvalue weighted by molar-refractivity contribution is 5.77. The lowest BCUT2D eigenvalue weighted by atomic mass is 9.96. The maximum Gasteiger partial charge on any atom is 0.214 e. The Bertz CT molecular complexity index is 480. The van der Waals surface area contributed by atoms with Crippen LogP contribution in [0.3, 0.4) is 0 Å². The molecule has 1 saturated carbocycles. The molecular weight excluding hydrogens is 188 g/mol. The number of hydrogen-bond donors (Lipinski definition) is 0. The molecule has 0 radical (unpaired) electrons. The Morgan fingerprint density at radius 1 is 1.20 bits per heavy atom. The molecule has 0 amide bonds. The van der Waals surface area contributed by atoms with Gasteiger partial charge in [0.1, 0.15) is 6.10 Å². The first-order chi connectivity index (χ1) is 7.42. The lowest BCUT2D eigenvalue weighted by Crippen LogP contribution is -2.24. The standard InChI is InChI=1S/C12H12N2O/c1-2-10(3-1)15-12-5-4-9-6-7-13-8-11(9)14-12/h4-8,10H,1-3H2. The van der Waals surface area contributed by atoms with E-state index in [1.807, 2.05) is 18.2 Å². The Morgan fingerprint density at radius 2 is 2.13 bits per heavy atom. The van der Waals surface area contributed by atoms with Gasteiger partial charge in [0, 0.05) is 17.6 Å². The fraction of sp³-hybridized carbons (Fsp3) is 0.333. The van der Waals surface area contributed by atoms with Crippen LogP contribution in [0.15, 0.2) is 30.6 Å². The van der Waals surface area contributed by atoms with Crippen LogP contribution in [0.4, 0.5) is 0 Å². The van der Waals surface area contributed by atoms with Crippen LogP contribution in [0.5, 0.6) is 5.88 Å². The van der Waals surface area contributed by atoms with Crippen molar-refractivity contribution >= 4 is 10.9 Å². The molecule has 3 nitrogen and oxygen atoms in total. The molecule has 3 rings (SSSR count). The number of fused-ring (bicyclic) bond motifs is 1. The van der Waals surface area contributed by atoms with Crippen LogP contribution < -0.4 is 4.74 Å². The number of aromatic nitrogens is 2. The summed E-state index contributed by atoms with van der Waals surface area (Å²) in [6.07, 6.45) is 7.52. The Kier molecular flexibility index (Phi) is 2.02. The van der Waals surface area contributed by atoms with Crippen molar-refractivity contribution in [3.63, 3.8) is 0 Å². The molecule has 1 aliphatic rings. The summed E-state index contributed by atoms with van der Waals surface area (Å²) in [6.45, 7) is 0. The summed E-state index contributed by atoms with van der Waals surface area (Å²) in [6, 6.07) is 5.91. The van der Waals surface area contributed by atoms with E-state index >= 15 is 0 Å². The van der Waals surface area contributed by atoms with Crippen LogP contribution in [-0.2, 0) is 0 Å². The third-order valence-corrected chi connectivity index (χ3v) is 2.81. The molecule has 0 aliphatic heterocycles. The molecule has 1 aliphatic carbocycles. The molecule has 0 atom stereocenters. The first-order valence-electron chi connectivity index (χ1n) is 5.29. The average Bonchev–Trinajstić information content (AvgIpc) is 2.23. The zero-order valence-electron chi connectivity index (χ0n) is 8.39. The molecule has 0 N–H and O–H groups in total. The quantitative estimate of drug-likeness (QED) is 0.747. The molecule has 0 unspecified atom stereocenters. The van der Waals surface area contributed by atoms with Gasteiger partial charge in [0.15, 0.2) is 0 Å². The van der Waals surface area contributed by atoms with Crippen molar-refractivity contribution in [1.82, 2.24) is 9.97 Å². The fourth-order valence-electron chi connectivity index (χ4n) is 1.67. The molecule has 15 heavy (non-hydrogen) atoms. The third-order valence-electron chi connectivity index (χ3n) is 2.81. The Hall–Kier alpha value is -1.64. The van der Waals surface area contributed by atoms with Crippen LogP contribution >= 0.6 is 0 Å². The van der Waals surface area contributed by atoms with Crippen LogP contribution in [0.1, 0.15) is 19.3 Å². The molecule has 0 saturated heterocycles. The molecule has 2 heterocycles. The molecule has 2 aromatic heterocycles. The summed E-state index contributed by atoms with van der Waals surface area (Å²) < 4.78 is 5.72. The van der Waals surface area contributed by atoms with E-state index in [4.69, 9.17) is 4.74 Å². The molecule has 1 fully saturated rings. The number of hydrogen-bond acceptors (Lipinski definition) is 3. The predicted octanol–water partition coefficient (Wildman–Crippen LogP) is 2.56. The number of rotatable bonds is 2. The van der Waals surface area contributed by atoms with Gasteiger partial charge < -0.3 is 4.74 Å². The Morgan fingerprint density at radius 3 is 2.93 bits per heavy atom. The second kappa shape index (κ2) is 3.50. The topological polar surface area (TPSA) is 35.0 Å². The van der Waals surface area contributed by atoms with Gasteiger partial charge in [0.05, 0.1) is 11.7 Å². The maximum atomic E-state index is 5.72. The van der Waals surface area contributed by atoms with E-state index < -0.39 is 0 Å². The van der Waals surface area contributed by atoms with E-state index in [0.717, 1.165) is 29.6 Å². The summed E-state index contributed by atoms with van der Waals surface area (Å²) in [7, 11) is 0. The van der Waals surface area contributed by atoms with E-state index in [2.05, 4.69) is 9.97 Å². The van der Waals surface area contributed by atoms with Crippen molar-refractivity contribution in [1.29, 1.82) is 0 Å². The van der Waals surface area contributed by atoms with Crippen LogP contribution in [-0.4, -0.2) is 16.1 Å². The van der Waals surface area contributed by atoms with Gasteiger partial charge in [0.2, 0.25) is 5.88 Å². The maximum absolute atomic E-state index is 5.72. The van der Waals surface area contributed by atoms with Crippen LogP contribution in [0.25, 0.3) is 10.9 Å². The zero-order valence-corrected chi connectivity index (χ0v) is 8.39. The van der Waals surface area contributed by atoms with Gasteiger partial charge in [0.25, 0.3) is 0 Å². The van der Waals surface area contributed by atoms with Crippen molar-refractivity contribution in [2.24, 2.45) is 0 Å². The van der Waals surface area contributed by atoms with E-state index in [1.54, 1.807) is 12.4 Å². The van der Waals surface area contributed by atoms with Crippen molar-refractivity contribution < 1.29 is 4.74 Å². The molecule has 76 valence electrons. The summed E-state index contributed by atoms with van der Waals surface area (Å²) in [5.74, 6) is 0.722. The Labute approximate surface area is 88.1 Å². The van der Waals surface area contributed by atoms with Gasteiger partial charge in [-0.2, -0.15) is 0 Å². The van der Waals surface area contributed by atoms with Crippen molar-refractivity contribution in [2.75, 3.05) is 0 Å². The first kappa shape index (κ1) is 8.65. The lowest BCUT2D eigenvalue weighted by molar-refractivity contribution is 0.115. The summed E-state index contributed by atoms with van der Waals surface area (Å²) in [5, 5.41) is 1.10. The summed E-state index contributed by atoms with van der Waals surface area (Å²) in [4.78, 5) is 8.46. The minimum absolute atomic E-state index is 0.381. The van der Waals surface area contributed by atoms with Gasteiger partial charge in [-0.3, -0.25) is 4.98 Å². The van der Waals surface area contributed by atoms with Crippen molar-refractivity contribution in [3.8, 4) is 5.88 Å². The van der Waals surface area contributed by atoms with Crippen LogP contribution in [0, 0.1) is 0 Å². The second-order valence-corrected chi connectivity index (χ2v) is 3.89. The number of pyridine rings is 2. The lowest BCUT2D eigenvalue weighted by Gasteiger charge is -2.25. The number of nitrogens with zero attached hydrogens (tertiary/aromatic N) is 2. The normalized spacial score (nSPS) is 16.3. The smallest absolute Gasteiger partial charge is 0.214 e. The highest BCUT2D eigenvalue weighted by atomic mass is 16.5. The highest BCUT2D eigenvalue weighted by Gasteiger charge is 2.19. The van der Waals surface area contributed by atoms with Crippen LogP contribution in [0.2, 0.25) is 0 Å². The van der Waals surface area contributed by atoms with Crippen molar-refractivity contribution in [3.05, 3.63) is 30.6 Å². The molecular formula is C12H12N2O. The molecule has 3 heteroatoms. The van der Waals surface area contributed by atoms with E-state index in [1.165, 1.54) is 6.42 Å².